The first-order valence-corrected chi connectivity index (χ1v) is 5.89. The summed E-state index contributed by atoms with van der Waals surface area (Å²) < 4.78 is 5.27. The number of likely N-dealkylation sites (tertiary alicyclic amines) is 1. The highest BCUT2D eigenvalue weighted by atomic mass is 16.6. The Balaban J connectivity index is 2.47. The maximum atomic E-state index is 11.8. The van der Waals surface area contributed by atoms with Gasteiger partial charge in [0, 0.05) is 19.5 Å². The fraction of sp³-hybridized carbons (Fsp3) is 0.769. The molecule has 0 aromatic heterocycles. The Kier molecular flexibility index (Phi) is 4.05. The van der Waals surface area contributed by atoms with E-state index in [-0.39, 0.29) is 6.09 Å². The van der Waals surface area contributed by atoms with Crippen LogP contribution < -0.4 is 0 Å². The van der Waals surface area contributed by atoms with Crippen molar-refractivity contribution in [3.8, 4) is 12.3 Å². The molecular formula is C13H21NO3. The van der Waals surface area contributed by atoms with E-state index in [9.17, 15) is 9.90 Å². The van der Waals surface area contributed by atoms with E-state index in [2.05, 4.69) is 5.92 Å². The summed E-state index contributed by atoms with van der Waals surface area (Å²) in [5.41, 5.74) is -1.29. The third kappa shape index (κ3) is 4.27. The molecule has 1 aliphatic rings. The minimum atomic E-state index is -0.812. The van der Waals surface area contributed by atoms with Crippen LogP contribution in [0.3, 0.4) is 0 Å². The molecule has 1 heterocycles. The Morgan fingerprint density at radius 3 is 2.41 bits per heavy atom. The third-order valence-corrected chi connectivity index (χ3v) is 2.78. The molecule has 0 spiro atoms. The second-order valence-electron chi connectivity index (χ2n) is 5.57. The Bertz CT molecular complexity index is 317. The van der Waals surface area contributed by atoms with E-state index in [1.807, 2.05) is 20.8 Å². The number of terminal acetylenes is 1. The number of nitrogens with zero attached hydrogens (tertiary/aromatic N) is 1. The lowest BCUT2D eigenvalue weighted by Crippen LogP contribution is -2.47. The molecule has 1 aliphatic heterocycles. The average Bonchev–Trinajstić information content (AvgIpc) is 2.15. The highest BCUT2D eigenvalue weighted by molar-refractivity contribution is 5.68. The molecule has 1 fully saturated rings. The van der Waals surface area contributed by atoms with Gasteiger partial charge in [0.1, 0.15) is 5.60 Å². The zero-order chi connectivity index (χ0) is 13.1. The smallest absolute Gasteiger partial charge is 0.410 e. The molecule has 0 saturated carbocycles. The van der Waals surface area contributed by atoms with Crippen LogP contribution in [0.5, 0.6) is 0 Å². The molecule has 0 radical (unpaired) electrons. The van der Waals surface area contributed by atoms with Crippen LogP contribution >= 0.6 is 0 Å². The zero-order valence-electron chi connectivity index (χ0n) is 10.8. The fourth-order valence-electron chi connectivity index (χ4n) is 1.80. The second-order valence-corrected chi connectivity index (χ2v) is 5.57. The van der Waals surface area contributed by atoms with Crippen molar-refractivity contribution in [2.45, 2.75) is 51.2 Å². The van der Waals surface area contributed by atoms with Crippen molar-refractivity contribution in [3.63, 3.8) is 0 Å². The maximum absolute atomic E-state index is 11.8. The standard InChI is InChI=1S/C13H21NO3/c1-5-6-13(16)7-9-14(10-8-13)11(15)17-12(2,3)4/h1,16H,6-10H2,2-4H3. The lowest BCUT2D eigenvalue weighted by atomic mass is 9.89. The van der Waals surface area contributed by atoms with Crippen molar-refractivity contribution in [2.24, 2.45) is 0 Å². The van der Waals surface area contributed by atoms with Gasteiger partial charge in [-0.1, -0.05) is 0 Å². The summed E-state index contributed by atoms with van der Waals surface area (Å²) in [6, 6.07) is 0. The molecule has 0 aliphatic carbocycles. The number of piperidine rings is 1. The van der Waals surface area contributed by atoms with E-state index in [1.165, 1.54) is 0 Å². The molecule has 0 atom stereocenters. The van der Waals surface area contributed by atoms with Crippen LogP contribution in [-0.4, -0.2) is 40.4 Å². The minimum Gasteiger partial charge on any atom is -0.444 e. The van der Waals surface area contributed by atoms with Crippen molar-refractivity contribution in [2.75, 3.05) is 13.1 Å². The van der Waals surface area contributed by atoms with E-state index in [1.54, 1.807) is 4.90 Å². The summed E-state index contributed by atoms with van der Waals surface area (Å²) in [6.45, 7) is 6.50. The van der Waals surface area contributed by atoms with Gasteiger partial charge in [0.15, 0.2) is 0 Å². The van der Waals surface area contributed by atoms with Crippen molar-refractivity contribution >= 4 is 6.09 Å². The summed E-state index contributed by atoms with van der Waals surface area (Å²) in [6.07, 6.45) is 6.25. The summed E-state index contributed by atoms with van der Waals surface area (Å²) in [7, 11) is 0. The van der Waals surface area contributed by atoms with Gasteiger partial charge in [0.25, 0.3) is 0 Å². The molecule has 17 heavy (non-hydrogen) atoms. The topological polar surface area (TPSA) is 49.8 Å². The Morgan fingerprint density at radius 1 is 1.47 bits per heavy atom. The maximum Gasteiger partial charge on any atom is 0.410 e. The summed E-state index contributed by atoms with van der Waals surface area (Å²) in [4.78, 5) is 13.4. The van der Waals surface area contributed by atoms with Gasteiger partial charge < -0.3 is 14.7 Å². The summed E-state index contributed by atoms with van der Waals surface area (Å²) >= 11 is 0. The van der Waals surface area contributed by atoms with Crippen LogP contribution in [-0.2, 0) is 4.74 Å². The molecule has 0 unspecified atom stereocenters. The second kappa shape index (κ2) is 4.97. The van der Waals surface area contributed by atoms with Gasteiger partial charge in [-0.3, -0.25) is 0 Å². The van der Waals surface area contributed by atoms with E-state index >= 15 is 0 Å². The summed E-state index contributed by atoms with van der Waals surface area (Å²) in [5, 5.41) is 10.1. The third-order valence-electron chi connectivity index (χ3n) is 2.78. The van der Waals surface area contributed by atoms with Gasteiger partial charge >= 0.3 is 6.09 Å². The van der Waals surface area contributed by atoms with Crippen LogP contribution in [0.25, 0.3) is 0 Å². The van der Waals surface area contributed by atoms with Crippen molar-refractivity contribution in [1.29, 1.82) is 0 Å². The molecule has 1 N–H and O–H groups in total. The van der Waals surface area contributed by atoms with Crippen LogP contribution in [0.4, 0.5) is 4.79 Å². The fourth-order valence-corrected chi connectivity index (χ4v) is 1.80. The van der Waals surface area contributed by atoms with Crippen molar-refractivity contribution in [1.82, 2.24) is 4.90 Å². The van der Waals surface area contributed by atoms with Crippen LogP contribution in [0.15, 0.2) is 0 Å². The quantitative estimate of drug-likeness (QED) is 0.709. The van der Waals surface area contributed by atoms with Crippen LogP contribution in [0.1, 0.15) is 40.0 Å². The monoisotopic (exact) mass is 239 g/mol. The number of hydrogen-bond donors (Lipinski definition) is 1. The van der Waals surface area contributed by atoms with Crippen molar-refractivity contribution < 1.29 is 14.6 Å². The Labute approximate surface area is 103 Å². The molecule has 1 saturated heterocycles. The number of rotatable bonds is 1. The average molecular weight is 239 g/mol. The van der Waals surface area contributed by atoms with Gasteiger partial charge in [-0.15, -0.1) is 12.3 Å². The van der Waals surface area contributed by atoms with E-state index in [0.29, 0.717) is 32.4 Å². The largest absolute Gasteiger partial charge is 0.444 e. The number of aliphatic hydroxyl groups is 1. The van der Waals surface area contributed by atoms with E-state index in [4.69, 9.17) is 11.2 Å². The first-order valence-electron chi connectivity index (χ1n) is 5.89. The van der Waals surface area contributed by atoms with E-state index < -0.39 is 11.2 Å². The number of hydrogen-bond acceptors (Lipinski definition) is 3. The zero-order valence-corrected chi connectivity index (χ0v) is 10.8. The highest BCUT2D eigenvalue weighted by Gasteiger charge is 2.34. The summed E-state index contributed by atoms with van der Waals surface area (Å²) in [5.74, 6) is 2.48. The molecule has 4 nitrogen and oxygen atoms in total. The predicted molar refractivity (Wildman–Crippen MR) is 65.4 cm³/mol. The number of carbonyl (C=O) groups is 1. The highest BCUT2D eigenvalue weighted by Crippen LogP contribution is 2.26. The molecule has 96 valence electrons. The lowest BCUT2D eigenvalue weighted by Gasteiger charge is -2.37. The Hall–Kier alpha value is -1.21. The molecule has 1 rings (SSSR count). The molecule has 1 amide bonds. The number of amides is 1. The van der Waals surface area contributed by atoms with Gasteiger partial charge in [0.2, 0.25) is 0 Å². The van der Waals surface area contributed by atoms with Gasteiger partial charge in [-0.25, -0.2) is 4.79 Å². The first kappa shape index (κ1) is 13.9. The SMILES string of the molecule is C#CCC1(O)CCN(C(=O)OC(C)(C)C)CC1. The molecule has 0 bridgehead atoms. The number of ether oxygens (including phenoxy) is 1. The first-order chi connectivity index (χ1) is 7.76. The van der Waals surface area contributed by atoms with E-state index in [0.717, 1.165) is 0 Å². The molecule has 4 heteroatoms. The molecule has 0 aromatic carbocycles. The normalized spacial score (nSPS) is 19.6. The lowest BCUT2D eigenvalue weighted by molar-refractivity contribution is -0.0289. The number of carbonyl (C=O) groups excluding carboxylic acids is 1. The van der Waals surface area contributed by atoms with Gasteiger partial charge in [-0.05, 0) is 33.6 Å². The minimum absolute atomic E-state index is 0.319. The molecular weight excluding hydrogens is 218 g/mol. The predicted octanol–water partition coefficient (Wildman–Crippen LogP) is 1.77. The molecule has 0 aromatic rings. The Morgan fingerprint density at radius 2 is 2.00 bits per heavy atom. The van der Waals surface area contributed by atoms with Gasteiger partial charge in [-0.2, -0.15) is 0 Å². The van der Waals surface area contributed by atoms with Crippen LogP contribution in [0.2, 0.25) is 0 Å². The van der Waals surface area contributed by atoms with Gasteiger partial charge in [0.05, 0.1) is 5.60 Å². The van der Waals surface area contributed by atoms with Crippen LogP contribution in [0, 0.1) is 12.3 Å². The van der Waals surface area contributed by atoms with Crippen molar-refractivity contribution in [3.05, 3.63) is 0 Å².